The smallest absolute Gasteiger partial charge is 0.325 e. The third kappa shape index (κ3) is 4.41. The molecule has 31 heavy (non-hydrogen) atoms. The monoisotopic (exact) mass is 442 g/mol. The molecule has 0 unspecified atom stereocenters. The molecule has 1 aliphatic carbocycles. The Morgan fingerprint density at radius 2 is 2.13 bits per heavy atom. The van der Waals surface area contributed by atoms with E-state index in [0.29, 0.717) is 25.1 Å². The van der Waals surface area contributed by atoms with Gasteiger partial charge >= 0.3 is 6.03 Å². The van der Waals surface area contributed by atoms with Crippen LogP contribution in [0.2, 0.25) is 0 Å². The van der Waals surface area contributed by atoms with Gasteiger partial charge in [0.2, 0.25) is 11.8 Å². The molecule has 1 saturated heterocycles. The lowest BCUT2D eigenvalue weighted by atomic mass is 9.82. The van der Waals surface area contributed by atoms with Gasteiger partial charge in [0, 0.05) is 11.8 Å². The van der Waals surface area contributed by atoms with Crippen LogP contribution in [-0.2, 0) is 16.0 Å². The van der Waals surface area contributed by atoms with Crippen molar-refractivity contribution < 1.29 is 19.1 Å². The first-order valence-electron chi connectivity index (χ1n) is 10.5. The van der Waals surface area contributed by atoms with Gasteiger partial charge in [0.15, 0.2) is 0 Å². The van der Waals surface area contributed by atoms with Gasteiger partial charge in [-0.15, -0.1) is 0 Å². The standard InChI is InChI=1S/C22H26N4O4S/c1-30-19-16(6-5-10-23-19)17(12-15-7-11-31-14-15)24-18(27)13-26-20(28)22(25-21(26)29)8-3-2-4-9-22/h5-7,10-11,14,17H,2-4,8-9,12-13H2,1H3,(H,24,27)(H,25,29)/t17-/m0/s1. The number of aromatic nitrogens is 1. The summed E-state index contributed by atoms with van der Waals surface area (Å²) in [7, 11) is 1.53. The zero-order valence-electron chi connectivity index (χ0n) is 17.4. The van der Waals surface area contributed by atoms with Crippen molar-refractivity contribution in [1.29, 1.82) is 0 Å². The summed E-state index contributed by atoms with van der Waals surface area (Å²) >= 11 is 1.58. The van der Waals surface area contributed by atoms with E-state index in [4.69, 9.17) is 4.74 Å². The van der Waals surface area contributed by atoms with E-state index < -0.39 is 23.5 Å². The molecule has 8 nitrogen and oxygen atoms in total. The molecular weight excluding hydrogens is 416 g/mol. The van der Waals surface area contributed by atoms with Crippen molar-refractivity contribution in [3.05, 3.63) is 46.3 Å². The molecule has 1 saturated carbocycles. The van der Waals surface area contributed by atoms with Crippen molar-refractivity contribution in [3.63, 3.8) is 0 Å². The number of pyridine rings is 1. The van der Waals surface area contributed by atoms with E-state index in [1.54, 1.807) is 23.6 Å². The van der Waals surface area contributed by atoms with Crippen molar-refractivity contribution in [1.82, 2.24) is 20.5 Å². The number of hydrogen-bond donors (Lipinski definition) is 2. The lowest BCUT2D eigenvalue weighted by molar-refractivity contribution is -0.136. The fourth-order valence-corrected chi connectivity index (χ4v) is 5.10. The summed E-state index contributed by atoms with van der Waals surface area (Å²) in [6.07, 6.45) is 6.28. The summed E-state index contributed by atoms with van der Waals surface area (Å²) in [4.78, 5) is 43.7. The number of hydrogen-bond acceptors (Lipinski definition) is 6. The van der Waals surface area contributed by atoms with Gasteiger partial charge in [-0.2, -0.15) is 11.3 Å². The van der Waals surface area contributed by atoms with E-state index in [-0.39, 0.29) is 12.5 Å². The van der Waals surface area contributed by atoms with Gasteiger partial charge in [-0.05, 0) is 47.7 Å². The fraction of sp³-hybridized carbons (Fsp3) is 0.455. The van der Waals surface area contributed by atoms with Crippen LogP contribution in [0.3, 0.4) is 0 Å². The fourth-order valence-electron chi connectivity index (χ4n) is 4.42. The zero-order chi connectivity index (χ0) is 21.8. The van der Waals surface area contributed by atoms with Crippen LogP contribution in [0.4, 0.5) is 4.79 Å². The van der Waals surface area contributed by atoms with Crippen molar-refractivity contribution >= 4 is 29.2 Å². The van der Waals surface area contributed by atoms with Crippen molar-refractivity contribution in [3.8, 4) is 5.88 Å². The summed E-state index contributed by atoms with van der Waals surface area (Å²) in [5.74, 6) is -0.262. The Balaban J connectivity index is 1.50. The highest BCUT2D eigenvalue weighted by molar-refractivity contribution is 7.07. The summed E-state index contributed by atoms with van der Waals surface area (Å²) in [5.41, 5.74) is 0.973. The minimum atomic E-state index is -0.835. The minimum Gasteiger partial charge on any atom is -0.481 e. The highest BCUT2D eigenvalue weighted by Gasteiger charge is 2.51. The van der Waals surface area contributed by atoms with Gasteiger partial charge in [0.05, 0.1) is 13.2 Å². The summed E-state index contributed by atoms with van der Waals surface area (Å²) in [5, 5.41) is 9.82. The number of ether oxygens (including phenoxy) is 1. The first-order chi connectivity index (χ1) is 15.0. The van der Waals surface area contributed by atoms with Gasteiger partial charge in [-0.25, -0.2) is 9.78 Å². The predicted octanol–water partition coefficient (Wildman–Crippen LogP) is 2.81. The van der Waals surface area contributed by atoms with Crippen molar-refractivity contribution in [2.24, 2.45) is 0 Å². The molecule has 1 spiro atoms. The predicted molar refractivity (Wildman–Crippen MR) is 116 cm³/mol. The molecule has 1 aliphatic heterocycles. The van der Waals surface area contributed by atoms with Crippen LogP contribution in [0.15, 0.2) is 35.2 Å². The first-order valence-corrected chi connectivity index (χ1v) is 11.4. The van der Waals surface area contributed by atoms with Crippen LogP contribution >= 0.6 is 11.3 Å². The Kier molecular flexibility index (Phi) is 6.22. The van der Waals surface area contributed by atoms with E-state index in [1.807, 2.05) is 22.9 Å². The molecule has 2 aromatic rings. The molecule has 164 valence electrons. The maximum atomic E-state index is 13.0. The van der Waals surface area contributed by atoms with Crippen molar-refractivity contribution in [2.45, 2.75) is 50.1 Å². The molecule has 9 heteroatoms. The summed E-state index contributed by atoms with van der Waals surface area (Å²) < 4.78 is 5.38. The van der Waals surface area contributed by atoms with Crippen LogP contribution in [0, 0.1) is 0 Å². The molecule has 0 bridgehead atoms. The van der Waals surface area contributed by atoms with E-state index in [9.17, 15) is 14.4 Å². The zero-order valence-corrected chi connectivity index (χ0v) is 18.2. The van der Waals surface area contributed by atoms with Crippen LogP contribution in [0.5, 0.6) is 5.88 Å². The molecule has 2 fully saturated rings. The van der Waals surface area contributed by atoms with E-state index in [0.717, 1.165) is 35.3 Å². The molecular formula is C22H26N4O4S. The number of methoxy groups -OCH3 is 1. The number of carbonyl (C=O) groups excluding carboxylic acids is 3. The average Bonchev–Trinajstić information content (AvgIpc) is 3.36. The van der Waals surface area contributed by atoms with Gasteiger partial charge in [-0.3, -0.25) is 14.5 Å². The normalized spacial score (nSPS) is 18.7. The molecule has 1 atom stereocenters. The number of thiophene rings is 1. The molecule has 3 heterocycles. The van der Waals surface area contributed by atoms with Gasteiger partial charge in [-0.1, -0.05) is 25.3 Å². The first kappa shape index (κ1) is 21.3. The van der Waals surface area contributed by atoms with Crippen molar-refractivity contribution in [2.75, 3.05) is 13.7 Å². The second-order valence-electron chi connectivity index (χ2n) is 8.02. The lowest BCUT2D eigenvalue weighted by Gasteiger charge is -2.30. The largest absolute Gasteiger partial charge is 0.481 e. The SMILES string of the molecule is COc1ncccc1[C@H](Cc1ccsc1)NC(=O)CN1C(=O)NC2(CCCCC2)C1=O. The topological polar surface area (TPSA) is 101 Å². The maximum absolute atomic E-state index is 13.0. The van der Waals surface area contributed by atoms with Crippen LogP contribution < -0.4 is 15.4 Å². The molecule has 2 aromatic heterocycles. The summed E-state index contributed by atoms with van der Waals surface area (Å²) in [6.45, 7) is -0.310. The number of imide groups is 1. The number of nitrogens with zero attached hydrogens (tertiary/aromatic N) is 2. The highest BCUT2D eigenvalue weighted by Crippen LogP contribution is 2.33. The number of urea groups is 1. The quantitative estimate of drug-likeness (QED) is 0.642. The lowest BCUT2D eigenvalue weighted by Crippen LogP contribution is -2.49. The van der Waals surface area contributed by atoms with E-state index in [1.165, 1.54) is 7.11 Å². The Bertz CT molecular complexity index is 956. The molecule has 4 rings (SSSR count). The number of carbonyl (C=O) groups is 3. The third-order valence-electron chi connectivity index (χ3n) is 5.98. The average molecular weight is 443 g/mol. The summed E-state index contributed by atoms with van der Waals surface area (Å²) in [6, 6.07) is 4.74. The molecule has 4 amide bonds. The van der Waals surface area contributed by atoms with Gasteiger partial charge < -0.3 is 15.4 Å². The maximum Gasteiger partial charge on any atom is 0.325 e. The Morgan fingerprint density at radius 1 is 1.32 bits per heavy atom. The van der Waals surface area contributed by atoms with Crippen LogP contribution in [-0.4, -0.2) is 46.9 Å². The Morgan fingerprint density at radius 3 is 2.84 bits per heavy atom. The Labute approximate surface area is 185 Å². The Hall–Kier alpha value is -2.94. The van der Waals surface area contributed by atoms with Crippen LogP contribution in [0.1, 0.15) is 49.3 Å². The van der Waals surface area contributed by atoms with E-state index >= 15 is 0 Å². The number of nitrogens with one attached hydrogen (secondary N) is 2. The highest BCUT2D eigenvalue weighted by atomic mass is 32.1. The van der Waals surface area contributed by atoms with Gasteiger partial charge in [0.25, 0.3) is 5.91 Å². The molecule has 2 N–H and O–H groups in total. The molecule has 0 radical (unpaired) electrons. The number of rotatable bonds is 7. The second-order valence-corrected chi connectivity index (χ2v) is 8.80. The number of amides is 4. The molecule has 0 aromatic carbocycles. The second kappa shape index (κ2) is 9.05. The molecule has 2 aliphatic rings. The third-order valence-corrected chi connectivity index (χ3v) is 6.71. The minimum absolute atomic E-state index is 0.291. The van der Waals surface area contributed by atoms with E-state index in [2.05, 4.69) is 15.6 Å². The van der Waals surface area contributed by atoms with Gasteiger partial charge in [0.1, 0.15) is 12.1 Å². The van der Waals surface area contributed by atoms with Crippen LogP contribution in [0.25, 0.3) is 0 Å².